The Morgan fingerprint density at radius 3 is 1.72 bits per heavy atom. The van der Waals surface area contributed by atoms with Crippen molar-refractivity contribution in [2.75, 3.05) is 13.2 Å². The van der Waals surface area contributed by atoms with Gasteiger partial charge in [0, 0.05) is 41.6 Å². The van der Waals surface area contributed by atoms with Gasteiger partial charge in [-0.15, -0.1) is 0 Å². The zero-order valence-corrected chi connectivity index (χ0v) is 24.4. The number of aliphatic hydroxyl groups is 2. The van der Waals surface area contributed by atoms with E-state index in [0.29, 0.717) is 30.2 Å². The Hall–Kier alpha value is -4.62. The normalized spacial score (nSPS) is 11.6. The van der Waals surface area contributed by atoms with E-state index < -0.39 is 7.05 Å². The Labute approximate surface area is 250 Å². The second kappa shape index (κ2) is 13.1. The maximum Gasteiger partial charge on any atom is 0.254 e. The van der Waals surface area contributed by atoms with Crippen molar-refractivity contribution in [1.29, 1.82) is 0 Å². The van der Waals surface area contributed by atoms with E-state index in [4.69, 9.17) is 19.4 Å². The van der Waals surface area contributed by atoms with Gasteiger partial charge in [-0.05, 0) is 5.56 Å². The largest absolute Gasteiger partial charge is 0.471 e. The number of hydrogen-bond donors (Lipinski definition) is 2. The highest BCUT2D eigenvalue weighted by atomic mass is 31.2. The number of aliphatic hydroxyl groups excluding tert-OH is 2. The smallest absolute Gasteiger partial charge is 0.254 e. The molecule has 2 heterocycles. The second-order valence-electron chi connectivity index (χ2n) is 10.1. The van der Waals surface area contributed by atoms with Crippen LogP contribution in [0.3, 0.4) is 0 Å². The van der Waals surface area contributed by atoms with Gasteiger partial charge in [0.1, 0.15) is 6.61 Å². The van der Waals surface area contributed by atoms with Crippen molar-refractivity contribution in [2.24, 2.45) is 10.7 Å². The molecule has 2 aromatic heterocycles. The Balaban J connectivity index is 1.61. The molecule has 0 saturated heterocycles. The molecule has 43 heavy (non-hydrogen) atoms. The molecule has 0 aliphatic heterocycles. The summed E-state index contributed by atoms with van der Waals surface area (Å²) in [5.41, 5.74) is 2.01. The zero-order chi connectivity index (χ0) is 29.5. The Morgan fingerprint density at radius 2 is 1.21 bits per heavy atom. The van der Waals surface area contributed by atoms with Crippen LogP contribution in [0.25, 0.3) is 11.2 Å². The van der Waals surface area contributed by atoms with Crippen LogP contribution in [0.2, 0.25) is 0 Å². The molecular formula is C34H32N5O3P. The van der Waals surface area contributed by atoms with Crippen LogP contribution < -0.4 is 20.7 Å². The second-order valence-corrected chi connectivity index (χ2v) is 13.2. The molecule has 4 aromatic carbocycles. The molecule has 9 heteroatoms. The van der Waals surface area contributed by atoms with E-state index in [-0.39, 0.29) is 25.1 Å². The molecule has 0 atom stereocenters. The molecule has 0 amide bonds. The average molecular weight is 590 g/mol. The Morgan fingerprint density at radius 1 is 0.698 bits per heavy atom. The van der Waals surface area contributed by atoms with Gasteiger partial charge in [-0.3, -0.25) is 0 Å². The number of benzene rings is 4. The fraction of sp³-hybridized carbons (Fsp3) is 0.147. The van der Waals surface area contributed by atoms with Crippen LogP contribution in [0.1, 0.15) is 5.56 Å². The summed E-state index contributed by atoms with van der Waals surface area (Å²) < 4.78 is 13.6. The predicted molar refractivity (Wildman–Crippen MR) is 171 cm³/mol. The molecule has 6 rings (SSSR count). The number of aromatic nitrogens is 4. The monoisotopic (exact) mass is 589 g/mol. The molecular weight excluding hydrogens is 557 g/mol. The molecule has 0 saturated carbocycles. The first-order valence-corrected chi connectivity index (χ1v) is 15.9. The highest BCUT2D eigenvalue weighted by Gasteiger charge is 2.29. The molecule has 2 N–H and O–H groups in total. The summed E-state index contributed by atoms with van der Waals surface area (Å²) in [4.78, 5) is 14.4. The zero-order valence-electron chi connectivity index (χ0n) is 23.5. The first kappa shape index (κ1) is 28.5. The molecule has 216 valence electrons. The van der Waals surface area contributed by atoms with Gasteiger partial charge >= 0.3 is 0 Å². The van der Waals surface area contributed by atoms with Crippen molar-refractivity contribution < 1.29 is 14.9 Å². The van der Waals surface area contributed by atoms with Crippen LogP contribution >= 0.6 is 7.05 Å². The third-order valence-corrected chi connectivity index (χ3v) is 10.9. The minimum absolute atomic E-state index is 0.166. The first-order chi connectivity index (χ1) is 21.2. The van der Waals surface area contributed by atoms with Crippen LogP contribution in [-0.2, 0) is 13.2 Å². The van der Waals surface area contributed by atoms with Crippen LogP contribution in [0.4, 0.5) is 5.95 Å². The van der Waals surface area contributed by atoms with E-state index in [1.807, 2.05) is 89.5 Å². The number of imidazole rings is 1. The fourth-order valence-electron chi connectivity index (χ4n) is 5.05. The van der Waals surface area contributed by atoms with E-state index in [1.54, 1.807) is 6.33 Å². The van der Waals surface area contributed by atoms with E-state index in [0.717, 1.165) is 21.5 Å². The number of rotatable bonds is 11. The van der Waals surface area contributed by atoms with E-state index >= 15 is 0 Å². The van der Waals surface area contributed by atoms with Crippen molar-refractivity contribution in [2.45, 2.75) is 13.2 Å². The van der Waals surface area contributed by atoms with Crippen molar-refractivity contribution in [3.63, 3.8) is 0 Å². The van der Waals surface area contributed by atoms with Gasteiger partial charge in [-0.1, -0.05) is 121 Å². The third kappa shape index (κ3) is 5.99. The van der Waals surface area contributed by atoms with Gasteiger partial charge in [0.05, 0.1) is 13.4 Å². The quantitative estimate of drug-likeness (QED) is 0.210. The minimum Gasteiger partial charge on any atom is -0.471 e. The van der Waals surface area contributed by atoms with Gasteiger partial charge in [-0.25, -0.2) is 9.73 Å². The lowest BCUT2D eigenvalue weighted by molar-refractivity contribution is 0.138. The number of fused-ring (bicyclic) bond motifs is 1. The van der Waals surface area contributed by atoms with Crippen LogP contribution in [-0.4, -0.2) is 42.9 Å². The van der Waals surface area contributed by atoms with Gasteiger partial charge in [0.15, 0.2) is 11.2 Å². The molecule has 0 spiro atoms. The molecule has 0 fully saturated rings. The molecule has 0 aliphatic carbocycles. The van der Waals surface area contributed by atoms with Crippen LogP contribution in [0.5, 0.6) is 5.88 Å². The molecule has 0 unspecified atom stereocenters. The lowest BCUT2D eigenvalue weighted by atomic mass is 10.2. The van der Waals surface area contributed by atoms with Crippen LogP contribution in [0.15, 0.2) is 132 Å². The third-order valence-electron chi connectivity index (χ3n) is 7.24. The number of nitrogens with zero attached hydrogens (tertiary/aromatic N) is 5. The highest BCUT2D eigenvalue weighted by Crippen LogP contribution is 2.48. The Bertz CT molecular complexity index is 1720. The Kier molecular flexibility index (Phi) is 8.70. The predicted octanol–water partition coefficient (Wildman–Crippen LogP) is 4.82. The molecule has 6 aromatic rings. The lowest BCUT2D eigenvalue weighted by Crippen LogP contribution is -2.25. The molecule has 0 bridgehead atoms. The molecule has 0 aliphatic rings. The first-order valence-electron chi connectivity index (χ1n) is 14.1. The highest BCUT2D eigenvalue weighted by molar-refractivity contribution is 7.87. The van der Waals surface area contributed by atoms with E-state index in [1.165, 1.54) is 0 Å². The topological polar surface area (TPSA) is 106 Å². The summed E-state index contributed by atoms with van der Waals surface area (Å²) in [5.74, 6) is 0.223. The summed E-state index contributed by atoms with van der Waals surface area (Å²) in [6, 6.07) is 40.7. The molecule has 0 radical (unpaired) electrons. The van der Waals surface area contributed by atoms with E-state index in [2.05, 4.69) is 41.4 Å². The maximum atomic E-state index is 9.78. The van der Waals surface area contributed by atoms with Crippen LogP contribution in [0, 0.1) is 5.92 Å². The summed E-state index contributed by atoms with van der Waals surface area (Å²) in [5, 5.41) is 22.8. The van der Waals surface area contributed by atoms with Gasteiger partial charge in [0.25, 0.3) is 5.95 Å². The van der Waals surface area contributed by atoms with Crippen molar-refractivity contribution in [1.82, 2.24) is 19.5 Å². The summed E-state index contributed by atoms with van der Waals surface area (Å²) in [6.45, 7) is 0.293. The summed E-state index contributed by atoms with van der Waals surface area (Å²) >= 11 is 0. The molecule has 8 nitrogen and oxygen atoms in total. The number of ether oxygens (including phenoxy) is 1. The lowest BCUT2D eigenvalue weighted by Gasteiger charge is -2.26. The van der Waals surface area contributed by atoms with Gasteiger partial charge in [0.2, 0.25) is 5.88 Å². The summed E-state index contributed by atoms with van der Waals surface area (Å²) in [7, 11) is -2.65. The average Bonchev–Trinajstić information content (AvgIpc) is 3.49. The van der Waals surface area contributed by atoms with E-state index in [9.17, 15) is 10.2 Å². The van der Waals surface area contributed by atoms with Gasteiger partial charge in [-0.2, -0.15) is 9.97 Å². The SMILES string of the molecule is OCC(CO)Cn1cnc2c(OCc3ccccc3)nc(N=P(c3ccccc3)(c3ccccc3)c3ccccc3)nc21. The van der Waals surface area contributed by atoms with Crippen molar-refractivity contribution in [3.05, 3.63) is 133 Å². The summed E-state index contributed by atoms with van der Waals surface area (Å²) in [6.07, 6.45) is 1.64. The van der Waals surface area contributed by atoms with Gasteiger partial charge < -0.3 is 19.5 Å². The maximum absolute atomic E-state index is 9.78. The number of hydrogen-bond acceptors (Lipinski definition) is 7. The van der Waals surface area contributed by atoms with Crippen molar-refractivity contribution in [3.8, 4) is 5.88 Å². The minimum atomic E-state index is -2.65. The van der Waals surface area contributed by atoms with Crippen molar-refractivity contribution >= 4 is 40.1 Å². The standard InChI is InChI=1S/C34H32N5O3P/c40-22-27(23-41)21-39-25-35-31-32(39)36-34(37-33(31)42-24-26-13-5-1-6-14-26)38-43(28-15-7-2-8-16-28,29-17-9-3-10-18-29)30-19-11-4-12-20-30/h1-20,25,27,40-41H,21-24H2. The fourth-order valence-corrected chi connectivity index (χ4v) is 8.46.